The summed E-state index contributed by atoms with van der Waals surface area (Å²) in [6, 6.07) is 4.91. The van der Waals surface area contributed by atoms with Crippen LogP contribution in [0.3, 0.4) is 0 Å². The Hall–Kier alpha value is -3.21. The van der Waals surface area contributed by atoms with Crippen molar-refractivity contribution in [2.24, 2.45) is 0 Å². The number of H-pyrrole nitrogens is 1. The number of alkyl halides is 3. The lowest BCUT2D eigenvalue weighted by molar-refractivity contribution is -0.137. The fourth-order valence-electron chi connectivity index (χ4n) is 2.93. The van der Waals surface area contributed by atoms with E-state index >= 15 is 0 Å². The number of carbonyl (C=O) groups is 1. The fourth-order valence-corrected chi connectivity index (χ4v) is 2.93. The first-order valence-corrected chi connectivity index (χ1v) is 9.13. The zero-order valence-electron chi connectivity index (χ0n) is 16.5. The second kappa shape index (κ2) is 8.66. The van der Waals surface area contributed by atoms with E-state index in [1.807, 2.05) is 19.0 Å². The van der Waals surface area contributed by atoms with Crippen molar-refractivity contribution < 1.29 is 18.0 Å². The lowest BCUT2D eigenvalue weighted by Crippen LogP contribution is -2.38. The Morgan fingerprint density at radius 2 is 2.00 bits per heavy atom. The Bertz CT molecular complexity index is 1090. The maximum atomic E-state index is 13.0. The molecular weight excluding hydrogens is 401 g/mol. The van der Waals surface area contributed by atoms with Gasteiger partial charge in [0.15, 0.2) is 5.65 Å². The quantitative estimate of drug-likeness (QED) is 0.627. The largest absolute Gasteiger partial charge is 0.416 e. The predicted octanol–water partition coefficient (Wildman–Crippen LogP) is 1.73. The molecule has 160 valence electrons. The number of nitrogens with one attached hydrogen (secondary N) is 1. The van der Waals surface area contributed by atoms with Gasteiger partial charge in [0.25, 0.3) is 5.56 Å². The summed E-state index contributed by atoms with van der Waals surface area (Å²) in [6.07, 6.45) is -1.91. The van der Waals surface area contributed by atoms with E-state index in [1.165, 1.54) is 28.2 Å². The first kappa shape index (κ1) is 21.5. The van der Waals surface area contributed by atoms with Crippen molar-refractivity contribution in [3.05, 3.63) is 58.3 Å². The maximum absolute atomic E-state index is 13.0. The Morgan fingerprint density at radius 1 is 1.23 bits per heavy atom. The van der Waals surface area contributed by atoms with E-state index in [9.17, 15) is 22.8 Å². The smallest absolute Gasteiger partial charge is 0.335 e. The highest BCUT2D eigenvalue weighted by Gasteiger charge is 2.30. The van der Waals surface area contributed by atoms with Crippen molar-refractivity contribution in [3.8, 4) is 0 Å². The highest BCUT2D eigenvalue weighted by Crippen LogP contribution is 2.29. The number of amides is 1. The highest BCUT2D eigenvalue weighted by molar-refractivity contribution is 5.79. The molecule has 0 spiro atoms. The number of aromatic amines is 1. The summed E-state index contributed by atoms with van der Waals surface area (Å²) in [5.41, 5.74) is -0.496. The topological polar surface area (TPSA) is 87.1 Å². The first-order valence-electron chi connectivity index (χ1n) is 9.13. The summed E-state index contributed by atoms with van der Waals surface area (Å²) in [5.74, 6) is -0.346. The first-order chi connectivity index (χ1) is 14.1. The van der Waals surface area contributed by atoms with Gasteiger partial charge in [-0.05, 0) is 31.8 Å². The van der Waals surface area contributed by atoms with Gasteiger partial charge in [0.1, 0.15) is 11.9 Å². The molecule has 30 heavy (non-hydrogen) atoms. The van der Waals surface area contributed by atoms with Crippen LogP contribution < -0.4 is 5.56 Å². The molecule has 1 amide bonds. The molecule has 0 aliphatic heterocycles. The van der Waals surface area contributed by atoms with Gasteiger partial charge < -0.3 is 14.8 Å². The fraction of sp³-hybridized carbons (Fsp3) is 0.368. The average molecular weight is 422 g/mol. The maximum Gasteiger partial charge on any atom is 0.416 e. The van der Waals surface area contributed by atoms with E-state index in [1.54, 1.807) is 6.07 Å². The summed E-state index contributed by atoms with van der Waals surface area (Å²) in [7, 11) is 3.67. The molecule has 2 aromatic heterocycles. The van der Waals surface area contributed by atoms with Gasteiger partial charge >= 0.3 is 6.18 Å². The molecule has 3 rings (SSSR count). The average Bonchev–Trinajstić information content (AvgIpc) is 3.08. The standard InChI is InChI=1S/C19H21F3N6O2/c1-26(2)6-7-27(10-13-4-3-5-14(8-13)19(20,21)22)16(29)11-28-17-15(9-25-28)18(30)24-12-23-17/h3-5,8-9,12H,6-7,10-11H2,1-2H3,(H,23,24,30). The number of halogens is 3. The van der Waals surface area contributed by atoms with Crippen LogP contribution in [0.5, 0.6) is 0 Å². The van der Waals surface area contributed by atoms with Crippen LogP contribution >= 0.6 is 0 Å². The van der Waals surface area contributed by atoms with Gasteiger partial charge in [-0.25, -0.2) is 9.67 Å². The zero-order valence-corrected chi connectivity index (χ0v) is 16.5. The van der Waals surface area contributed by atoms with Crippen molar-refractivity contribution in [1.29, 1.82) is 0 Å². The molecule has 11 heteroatoms. The highest BCUT2D eigenvalue weighted by atomic mass is 19.4. The van der Waals surface area contributed by atoms with Crippen molar-refractivity contribution >= 4 is 16.9 Å². The van der Waals surface area contributed by atoms with Gasteiger partial charge in [-0.2, -0.15) is 18.3 Å². The Morgan fingerprint density at radius 3 is 2.70 bits per heavy atom. The molecule has 2 heterocycles. The molecule has 0 unspecified atom stereocenters. The van der Waals surface area contributed by atoms with Crippen molar-refractivity contribution in [2.75, 3.05) is 27.2 Å². The van der Waals surface area contributed by atoms with E-state index in [2.05, 4.69) is 15.1 Å². The minimum Gasteiger partial charge on any atom is -0.335 e. The van der Waals surface area contributed by atoms with E-state index < -0.39 is 11.7 Å². The molecular formula is C19H21F3N6O2. The summed E-state index contributed by atoms with van der Waals surface area (Å²) in [5, 5.41) is 4.31. The normalized spacial score (nSPS) is 11.9. The van der Waals surface area contributed by atoms with E-state index in [0.29, 0.717) is 18.7 Å². The minimum atomic E-state index is -4.46. The van der Waals surface area contributed by atoms with Crippen molar-refractivity contribution in [1.82, 2.24) is 29.5 Å². The molecule has 0 aliphatic rings. The zero-order chi connectivity index (χ0) is 21.9. The number of hydrogen-bond donors (Lipinski definition) is 1. The number of carbonyl (C=O) groups excluding carboxylic acids is 1. The molecule has 0 bridgehead atoms. The number of hydrogen-bond acceptors (Lipinski definition) is 5. The monoisotopic (exact) mass is 422 g/mol. The third kappa shape index (κ3) is 5.03. The van der Waals surface area contributed by atoms with Gasteiger partial charge in [0.2, 0.25) is 5.91 Å². The van der Waals surface area contributed by atoms with E-state index in [-0.39, 0.29) is 35.6 Å². The van der Waals surface area contributed by atoms with Crippen LogP contribution in [0.2, 0.25) is 0 Å². The Balaban J connectivity index is 1.83. The van der Waals surface area contributed by atoms with Crippen LogP contribution in [0.4, 0.5) is 13.2 Å². The number of likely N-dealkylation sites (N-methyl/N-ethyl adjacent to an activating group) is 1. The van der Waals surface area contributed by atoms with Crippen LogP contribution in [0.1, 0.15) is 11.1 Å². The van der Waals surface area contributed by atoms with Crippen LogP contribution in [0, 0.1) is 0 Å². The lowest BCUT2D eigenvalue weighted by atomic mass is 10.1. The number of aromatic nitrogens is 4. The number of nitrogens with zero attached hydrogens (tertiary/aromatic N) is 5. The molecule has 0 saturated heterocycles. The molecule has 0 aliphatic carbocycles. The SMILES string of the molecule is CN(C)CCN(Cc1cccc(C(F)(F)F)c1)C(=O)Cn1ncc2c(=O)[nH]cnc21. The molecule has 0 radical (unpaired) electrons. The molecule has 3 aromatic rings. The van der Waals surface area contributed by atoms with Gasteiger partial charge in [-0.1, -0.05) is 12.1 Å². The van der Waals surface area contributed by atoms with Crippen molar-refractivity contribution in [2.45, 2.75) is 19.3 Å². The van der Waals surface area contributed by atoms with Gasteiger partial charge in [0.05, 0.1) is 18.1 Å². The van der Waals surface area contributed by atoms with Gasteiger partial charge in [0, 0.05) is 19.6 Å². The van der Waals surface area contributed by atoms with Gasteiger partial charge in [-0.15, -0.1) is 0 Å². The van der Waals surface area contributed by atoms with Crippen LogP contribution in [-0.4, -0.2) is 62.6 Å². The van der Waals surface area contributed by atoms with Crippen LogP contribution in [-0.2, 0) is 24.1 Å². The van der Waals surface area contributed by atoms with E-state index in [4.69, 9.17) is 0 Å². The molecule has 8 nitrogen and oxygen atoms in total. The van der Waals surface area contributed by atoms with Crippen LogP contribution in [0.25, 0.3) is 11.0 Å². The minimum absolute atomic E-state index is 0.0177. The molecule has 1 aromatic carbocycles. The summed E-state index contributed by atoms with van der Waals surface area (Å²) >= 11 is 0. The summed E-state index contributed by atoms with van der Waals surface area (Å²) in [4.78, 5) is 34.6. The summed E-state index contributed by atoms with van der Waals surface area (Å²) in [6.45, 7) is 0.675. The molecule has 1 N–H and O–H groups in total. The van der Waals surface area contributed by atoms with Gasteiger partial charge in [-0.3, -0.25) is 9.59 Å². The third-order valence-electron chi connectivity index (χ3n) is 4.52. The lowest BCUT2D eigenvalue weighted by Gasteiger charge is -2.25. The number of fused-ring (bicyclic) bond motifs is 1. The Kier molecular flexibility index (Phi) is 6.20. The second-order valence-corrected chi connectivity index (χ2v) is 7.09. The van der Waals surface area contributed by atoms with Crippen LogP contribution in [0.15, 0.2) is 41.6 Å². The number of rotatable bonds is 7. The Labute approximate surface area is 169 Å². The predicted molar refractivity (Wildman–Crippen MR) is 104 cm³/mol. The molecule has 0 saturated carbocycles. The third-order valence-corrected chi connectivity index (χ3v) is 4.52. The van der Waals surface area contributed by atoms with Crippen molar-refractivity contribution in [3.63, 3.8) is 0 Å². The number of benzene rings is 1. The molecule has 0 atom stereocenters. The van der Waals surface area contributed by atoms with E-state index in [0.717, 1.165) is 12.1 Å². The summed E-state index contributed by atoms with van der Waals surface area (Å²) < 4.78 is 40.4. The molecule has 0 fully saturated rings. The second-order valence-electron chi connectivity index (χ2n) is 7.09.